The van der Waals surface area contributed by atoms with Crippen LogP contribution in [0.3, 0.4) is 0 Å². The van der Waals surface area contributed by atoms with Gasteiger partial charge in [-0.05, 0) is 74.3 Å². The molecule has 0 radical (unpaired) electrons. The summed E-state index contributed by atoms with van der Waals surface area (Å²) in [6.45, 7) is 9.91. The van der Waals surface area contributed by atoms with Gasteiger partial charge in [0, 0.05) is 12.6 Å². The van der Waals surface area contributed by atoms with E-state index in [0.29, 0.717) is 12.3 Å². The summed E-state index contributed by atoms with van der Waals surface area (Å²) in [6, 6.07) is 5.43. The first kappa shape index (κ1) is 26.3. The van der Waals surface area contributed by atoms with Crippen molar-refractivity contribution in [2.75, 3.05) is 6.54 Å². The Balaban J connectivity index is 1.87. The molecule has 1 aromatic rings. The smallest absolute Gasteiger partial charge is 0.289 e. The summed E-state index contributed by atoms with van der Waals surface area (Å²) in [5, 5.41) is 33.4. The molecule has 2 aliphatic carbocycles. The number of nitro benzene ring substituents is 1. The van der Waals surface area contributed by atoms with E-state index in [9.17, 15) is 28.7 Å². The van der Waals surface area contributed by atoms with Crippen LogP contribution >= 0.6 is 0 Å². The Morgan fingerprint density at radius 2 is 1.86 bits per heavy atom. The van der Waals surface area contributed by atoms with E-state index in [4.69, 9.17) is 0 Å². The molecule has 1 aromatic carbocycles. The number of aliphatic hydroxyl groups excluding tert-OH is 1. The lowest BCUT2D eigenvalue weighted by atomic mass is 9.47. The molecule has 35 heavy (non-hydrogen) atoms. The van der Waals surface area contributed by atoms with E-state index in [1.807, 2.05) is 6.08 Å². The van der Waals surface area contributed by atoms with Gasteiger partial charge in [0.1, 0.15) is 0 Å². The second kappa shape index (κ2) is 8.36. The molecule has 2 N–H and O–H groups in total. The van der Waals surface area contributed by atoms with E-state index >= 15 is 0 Å². The number of para-hydroxylation sites is 1. The summed E-state index contributed by atoms with van der Waals surface area (Å²) in [5.41, 5.74) is -2.11. The molecule has 1 aliphatic heterocycles. The van der Waals surface area contributed by atoms with Crippen LogP contribution in [0.25, 0.3) is 0 Å². The Morgan fingerprint density at radius 3 is 2.49 bits per heavy atom. The van der Waals surface area contributed by atoms with Crippen LogP contribution < -0.4 is 0 Å². The van der Waals surface area contributed by atoms with Gasteiger partial charge < -0.3 is 10.2 Å². The van der Waals surface area contributed by atoms with Gasteiger partial charge >= 0.3 is 0 Å². The van der Waals surface area contributed by atoms with E-state index in [-0.39, 0.29) is 28.7 Å². The first-order valence-corrected chi connectivity index (χ1v) is 13.9. The van der Waals surface area contributed by atoms with Gasteiger partial charge in [-0.25, -0.2) is 8.42 Å². The summed E-state index contributed by atoms with van der Waals surface area (Å²) >= 11 is 0. The van der Waals surface area contributed by atoms with E-state index < -0.39 is 37.9 Å². The molecule has 0 amide bonds. The number of nitrogens with zero attached hydrogens (tertiary/aromatic N) is 2. The topological polar surface area (TPSA) is 121 Å². The molecule has 0 spiro atoms. The van der Waals surface area contributed by atoms with Gasteiger partial charge in [0.05, 0.1) is 22.2 Å². The summed E-state index contributed by atoms with van der Waals surface area (Å²) in [4.78, 5) is 10.7. The number of sulfonamides is 1. The minimum absolute atomic E-state index is 0.0327. The molecule has 4 atom stereocenters. The standard InChI is InChI=1S/C26H38N2O6S/c1-23(2)13-8-14-25(5)20(23)11-15-26(17-22(29)24(3,4)30)21(25)12-16-27(26)35(33,34)19-10-7-6-9-18(19)28(31)32/h6-7,9-10,12,20,22,29-30H,8,11,13-17H2,1-5H3/t20-,22?,25-,26-/m0/s1. The van der Waals surface area contributed by atoms with Crippen LogP contribution in [0.2, 0.25) is 0 Å². The molecule has 2 saturated carbocycles. The van der Waals surface area contributed by atoms with Crippen molar-refractivity contribution in [1.82, 2.24) is 4.31 Å². The highest BCUT2D eigenvalue weighted by Crippen LogP contribution is 2.65. The zero-order chi connectivity index (χ0) is 26.0. The minimum Gasteiger partial charge on any atom is -0.390 e. The predicted molar refractivity (Wildman–Crippen MR) is 133 cm³/mol. The van der Waals surface area contributed by atoms with E-state index in [1.54, 1.807) is 0 Å². The Bertz CT molecular complexity index is 1150. The van der Waals surface area contributed by atoms with Crippen LogP contribution in [0.4, 0.5) is 5.69 Å². The quantitative estimate of drug-likeness (QED) is 0.335. The maximum absolute atomic E-state index is 14.1. The lowest BCUT2D eigenvalue weighted by Gasteiger charge is -2.60. The Labute approximate surface area is 208 Å². The van der Waals surface area contributed by atoms with Crippen molar-refractivity contribution in [3.63, 3.8) is 0 Å². The van der Waals surface area contributed by atoms with Crippen LogP contribution in [-0.4, -0.2) is 51.6 Å². The molecule has 1 heterocycles. The van der Waals surface area contributed by atoms with Crippen molar-refractivity contribution in [2.24, 2.45) is 16.7 Å². The van der Waals surface area contributed by atoms with Gasteiger partial charge in [-0.1, -0.05) is 45.4 Å². The highest BCUT2D eigenvalue weighted by atomic mass is 32.2. The molecule has 4 rings (SSSR count). The average Bonchev–Trinajstić information content (AvgIpc) is 3.13. The maximum atomic E-state index is 14.1. The monoisotopic (exact) mass is 506 g/mol. The van der Waals surface area contributed by atoms with Crippen LogP contribution in [-0.2, 0) is 10.0 Å². The molecular formula is C26H38N2O6S. The third-order valence-corrected chi connectivity index (χ3v) is 11.1. The zero-order valence-corrected chi connectivity index (χ0v) is 22.1. The Morgan fingerprint density at radius 1 is 1.20 bits per heavy atom. The summed E-state index contributed by atoms with van der Waals surface area (Å²) in [6.07, 6.45) is 5.17. The third-order valence-electron chi connectivity index (χ3n) is 9.11. The van der Waals surface area contributed by atoms with Crippen molar-refractivity contribution in [3.05, 3.63) is 46.0 Å². The average molecular weight is 507 g/mol. The third kappa shape index (κ3) is 4.04. The predicted octanol–water partition coefficient (Wildman–Crippen LogP) is 4.41. The van der Waals surface area contributed by atoms with Gasteiger partial charge in [-0.2, -0.15) is 4.31 Å². The van der Waals surface area contributed by atoms with Gasteiger partial charge in [-0.3, -0.25) is 10.1 Å². The molecule has 3 aliphatic rings. The van der Waals surface area contributed by atoms with Crippen molar-refractivity contribution in [2.45, 2.75) is 95.3 Å². The zero-order valence-electron chi connectivity index (χ0n) is 21.3. The molecule has 8 nitrogen and oxygen atoms in total. The molecule has 0 saturated heterocycles. The number of aliphatic hydroxyl groups is 2. The fraction of sp³-hybridized carbons (Fsp3) is 0.692. The van der Waals surface area contributed by atoms with Crippen molar-refractivity contribution >= 4 is 15.7 Å². The molecule has 9 heteroatoms. The van der Waals surface area contributed by atoms with Crippen LogP contribution in [0, 0.1) is 26.9 Å². The first-order chi connectivity index (χ1) is 16.1. The summed E-state index contributed by atoms with van der Waals surface area (Å²) < 4.78 is 29.5. The molecule has 0 aromatic heterocycles. The number of fused-ring (bicyclic) bond motifs is 3. The van der Waals surface area contributed by atoms with Crippen LogP contribution in [0.5, 0.6) is 0 Å². The van der Waals surface area contributed by atoms with Crippen molar-refractivity contribution in [1.29, 1.82) is 0 Å². The van der Waals surface area contributed by atoms with E-state index in [1.165, 1.54) is 42.4 Å². The van der Waals surface area contributed by atoms with Gasteiger partial charge in [0.15, 0.2) is 4.90 Å². The maximum Gasteiger partial charge on any atom is 0.289 e. The second-order valence-corrected chi connectivity index (χ2v) is 14.0. The van der Waals surface area contributed by atoms with Crippen LogP contribution in [0.15, 0.2) is 40.8 Å². The molecular weight excluding hydrogens is 468 g/mol. The summed E-state index contributed by atoms with van der Waals surface area (Å²) in [5.74, 6) is 0.358. The lowest BCUT2D eigenvalue weighted by Crippen LogP contribution is -2.61. The SMILES string of the molecule is CC(C)(O)C(O)C[C@@]12CC[C@H]3C(C)(C)CCC[C@]3(C)C1=CCN2S(=O)(=O)c1ccccc1[N+](=O)[O-]. The second-order valence-electron chi connectivity index (χ2n) is 12.1. The number of hydrogen-bond acceptors (Lipinski definition) is 6. The fourth-order valence-electron chi connectivity index (χ4n) is 7.39. The fourth-order valence-corrected chi connectivity index (χ4v) is 9.28. The molecule has 0 bridgehead atoms. The van der Waals surface area contributed by atoms with Crippen molar-refractivity contribution in [3.8, 4) is 0 Å². The van der Waals surface area contributed by atoms with E-state index in [0.717, 1.165) is 31.3 Å². The number of rotatable bonds is 6. The van der Waals surface area contributed by atoms with E-state index in [2.05, 4.69) is 20.8 Å². The van der Waals surface area contributed by atoms with Gasteiger partial charge in [0.25, 0.3) is 15.7 Å². The van der Waals surface area contributed by atoms with Crippen molar-refractivity contribution < 1.29 is 23.6 Å². The Hall–Kier alpha value is -1.81. The highest BCUT2D eigenvalue weighted by Gasteiger charge is 2.63. The van der Waals surface area contributed by atoms with Crippen LogP contribution in [0.1, 0.15) is 73.1 Å². The Kier molecular flexibility index (Phi) is 6.27. The largest absolute Gasteiger partial charge is 0.390 e. The van der Waals surface area contributed by atoms with Gasteiger partial charge in [-0.15, -0.1) is 0 Å². The van der Waals surface area contributed by atoms with Gasteiger partial charge in [0.2, 0.25) is 0 Å². The molecule has 2 fully saturated rings. The lowest BCUT2D eigenvalue weighted by molar-refractivity contribution is -0.387. The number of nitro groups is 1. The first-order valence-electron chi connectivity index (χ1n) is 12.5. The highest BCUT2D eigenvalue weighted by molar-refractivity contribution is 7.89. The molecule has 194 valence electrons. The molecule has 1 unspecified atom stereocenters. The normalized spacial score (nSPS) is 31.9. The minimum atomic E-state index is -4.28. The number of hydrogen-bond donors (Lipinski definition) is 2. The number of benzene rings is 1. The summed E-state index contributed by atoms with van der Waals surface area (Å²) in [7, 11) is -4.28.